The zero-order valence-corrected chi connectivity index (χ0v) is 15.2. The first-order chi connectivity index (χ1) is 10.9. The van der Waals surface area contributed by atoms with Crippen LogP contribution in [0.1, 0.15) is 31.3 Å². The second-order valence-electron chi connectivity index (χ2n) is 5.42. The molecule has 0 spiro atoms. The summed E-state index contributed by atoms with van der Waals surface area (Å²) in [4.78, 5) is 5.59. The molecule has 5 nitrogen and oxygen atoms in total. The number of thiocarbonyl (C=S) groups is 1. The Bertz CT molecular complexity index is 720. The lowest BCUT2D eigenvalue weighted by atomic mass is 10.2. The Balaban J connectivity index is 2.17. The minimum Gasteiger partial charge on any atom is -0.508 e. The van der Waals surface area contributed by atoms with Crippen LogP contribution >= 0.6 is 23.6 Å². The number of thiazole rings is 1. The van der Waals surface area contributed by atoms with Crippen molar-refractivity contribution in [2.45, 2.75) is 33.7 Å². The van der Waals surface area contributed by atoms with Crippen LogP contribution in [0, 0.1) is 6.92 Å². The van der Waals surface area contributed by atoms with Gasteiger partial charge in [0.25, 0.3) is 0 Å². The van der Waals surface area contributed by atoms with E-state index in [9.17, 15) is 5.11 Å². The van der Waals surface area contributed by atoms with Crippen LogP contribution in [-0.4, -0.2) is 27.0 Å². The second-order valence-corrected chi connectivity index (χ2v) is 6.82. The van der Waals surface area contributed by atoms with Crippen LogP contribution in [0.3, 0.4) is 0 Å². The van der Waals surface area contributed by atoms with Gasteiger partial charge >= 0.3 is 0 Å². The molecule has 122 valence electrons. The predicted molar refractivity (Wildman–Crippen MR) is 100 cm³/mol. The number of hydrogen-bond acceptors (Lipinski definition) is 5. The van der Waals surface area contributed by atoms with E-state index < -0.39 is 0 Å². The molecule has 0 aliphatic carbocycles. The molecular weight excluding hydrogens is 328 g/mol. The number of rotatable bonds is 4. The molecule has 1 aromatic heterocycles. The fourth-order valence-electron chi connectivity index (χ4n) is 1.94. The van der Waals surface area contributed by atoms with Crippen molar-refractivity contribution < 1.29 is 5.11 Å². The zero-order chi connectivity index (χ0) is 17.0. The summed E-state index contributed by atoms with van der Waals surface area (Å²) < 4.78 is 0. The van der Waals surface area contributed by atoms with E-state index in [4.69, 9.17) is 12.2 Å². The fourth-order valence-corrected chi connectivity index (χ4v) is 3.24. The van der Waals surface area contributed by atoms with Gasteiger partial charge in [0, 0.05) is 11.6 Å². The number of aromatic nitrogens is 1. The Morgan fingerprint density at radius 3 is 2.57 bits per heavy atom. The lowest BCUT2D eigenvalue weighted by molar-refractivity contribution is 0.475. The van der Waals surface area contributed by atoms with Gasteiger partial charge in [-0.3, -0.25) is 5.43 Å². The summed E-state index contributed by atoms with van der Waals surface area (Å²) in [6, 6.07) is 7.28. The topological polar surface area (TPSA) is 69.5 Å². The molecule has 0 aliphatic heterocycles. The van der Waals surface area contributed by atoms with Crippen molar-refractivity contribution in [2.24, 2.45) is 5.10 Å². The highest BCUT2D eigenvalue weighted by atomic mass is 32.1. The van der Waals surface area contributed by atoms with E-state index >= 15 is 0 Å². The molecule has 0 saturated carbocycles. The zero-order valence-electron chi connectivity index (χ0n) is 13.5. The molecule has 0 atom stereocenters. The van der Waals surface area contributed by atoms with Gasteiger partial charge in [0.15, 0.2) is 5.11 Å². The highest BCUT2D eigenvalue weighted by Crippen LogP contribution is 2.29. The number of aryl methyl sites for hydroxylation is 1. The maximum absolute atomic E-state index is 9.37. The first-order valence-corrected chi connectivity index (χ1v) is 8.47. The minimum atomic E-state index is 0.246. The Kier molecular flexibility index (Phi) is 5.68. The van der Waals surface area contributed by atoms with E-state index in [0.29, 0.717) is 5.11 Å². The summed E-state index contributed by atoms with van der Waals surface area (Å²) in [6.07, 6.45) is 0. The standard InChI is InChI=1S/C16H20N4OS2/c1-9(2)17-16(22)20-19-11(4)14-10(3)18-15(23-14)12-5-7-13(21)8-6-12/h5-9,21H,1-4H3,(H2,17,20,22)/b19-11+. The highest BCUT2D eigenvalue weighted by Gasteiger charge is 2.12. The number of hydrazone groups is 1. The molecule has 3 N–H and O–H groups in total. The van der Waals surface area contributed by atoms with Gasteiger partial charge in [0.1, 0.15) is 10.8 Å². The fraction of sp³-hybridized carbons (Fsp3) is 0.312. The molecular formula is C16H20N4OS2. The van der Waals surface area contributed by atoms with E-state index in [1.807, 2.05) is 39.8 Å². The van der Waals surface area contributed by atoms with Crippen LogP contribution in [0.25, 0.3) is 10.6 Å². The van der Waals surface area contributed by atoms with Gasteiger partial charge in [-0.1, -0.05) is 0 Å². The second kappa shape index (κ2) is 7.52. The van der Waals surface area contributed by atoms with Crippen LogP contribution in [0.5, 0.6) is 5.75 Å². The maximum atomic E-state index is 9.37. The first kappa shape index (κ1) is 17.4. The predicted octanol–water partition coefficient (Wildman–Crippen LogP) is 3.42. The van der Waals surface area contributed by atoms with Gasteiger partial charge in [-0.05, 0) is 64.2 Å². The largest absolute Gasteiger partial charge is 0.508 e. The van der Waals surface area contributed by atoms with E-state index in [-0.39, 0.29) is 11.8 Å². The van der Waals surface area contributed by atoms with Gasteiger partial charge < -0.3 is 10.4 Å². The summed E-state index contributed by atoms with van der Waals surface area (Å²) in [5.74, 6) is 0.246. The van der Waals surface area contributed by atoms with Crippen molar-refractivity contribution in [3.63, 3.8) is 0 Å². The SMILES string of the molecule is C/C(=N\NC(=S)NC(C)C)c1sc(-c2ccc(O)cc2)nc1C. The van der Waals surface area contributed by atoms with E-state index in [2.05, 4.69) is 20.8 Å². The molecule has 0 aliphatic rings. The number of nitrogens with zero attached hydrogens (tertiary/aromatic N) is 2. The van der Waals surface area contributed by atoms with Gasteiger partial charge in [0.2, 0.25) is 0 Å². The molecule has 1 aromatic carbocycles. The summed E-state index contributed by atoms with van der Waals surface area (Å²) in [7, 11) is 0. The third-order valence-corrected chi connectivity index (χ3v) is 4.51. The molecule has 23 heavy (non-hydrogen) atoms. The van der Waals surface area contributed by atoms with Crippen LogP contribution in [0.2, 0.25) is 0 Å². The number of benzene rings is 1. The van der Waals surface area contributed by atoms with E-state index in [1.54, 1.807) is 23.5 Å². The number of aromatic hydroxyl groups is 1. The van der Waals surface area contributed by atoms with Crippen molar-refractivity contribution in [2.75, 3.05) is 0 Å². The van der Waals surface area contributed by atoms with Crippen molar-refractivity contribution >= 4 is 34.4 Å². The minimum absolute atomic E-state index is 0.246. The molecule has 0 amide bonds. The highest BCUT2D eigenvalue weighted by molar-refractivity contribution is 7.80. The molecule has 0 fully saturated rings. The normalized spacial score (nSPS) is 11.6. The maximum Gasteiger partial charge on any atom is 0.187 e. The summed E-state index contributed by atoms with van der Waals surface area (Å²) in [5.41, 5.74) is 5.57. The average Bonchev–Trinajstić information content (AvgIpc) is 2.87. The third kappa shape index (κ3) is 4.74. The van der Waals surface area contributed by atoms with Crippen LogP contribution < -0.4 is 10.7 Å². The van der Waals surface area contributed by atoms with Gasteiger partial charge in [0.05, 0.1) is 16.3 Å². The molecule has 7 heteroatoms. The monoisotopic (exact) mass is 348 g/mol. The molecule has 2 rings (SSSR count). The van der Waals surface area contributed by atoms with Crippen molar-refractivity contribution in [3.05, 3.63) is 34.8 Å². The molecule has 2 aromatic rings. The summed E-state index contributed by atoms with van der Waals surface area (Å²) in [6.45, 7) is 7.91. The van der Waals surface area contributed by atoms with Crippen molar-refractivity contribution in [1.82, 2.24) is 15.7 Å². The van der Waals surface area contributed by atoms with Crippen molar-refractivity contribution in [1.29, 1.82) is 0 Å². The van der Waals surface area contributed by atoms with Crippen LogP contribution in [0.4, 0.5) is 0 Å². The van der Waals surface area contributed by atoms with E-state index in [1.165, 1.54) is 0 Å². The lowest BCUT2D eigenvalue weighted by Crippen LogP contribution is -2.37. The smallest absolute Gasteiger partial charge is 0.187 e. The van der Waals surface area contributed by atoms with Crippen LogP contribution in [0.15, 0.2) is 29.4 Å². The first-order valence-electron chi connectivity index (χ1n) is 7.25. The number of nitrogens with one attached hydrogen (secondary N) is 2. The Morgan fingerprint density at radius 2 is 1.96 bits per heavy atom. The molecule has 0 bridgehead atoms. The Morgan fingerprint density at radius 1 is 1.30 bits per heavy atom. The third-order valence-electron chi connectivity index (χ3n) is 2.98. The average molecular weight is 348 g/mol. The summed E-state index contributed by atoms with van der Waals surface area (Å²) in [5, 5.41) is 18.2. The molecule has 0 unspecified atom stereocenters. The van der Waals surface area contributed by atoms with Gasteiger partial charge in [-0.25, -0.2) is 4.98 Å². The molecule has 0 saturated heterocycles. The van der Waals surface area contributed by atoms with Gasteiger partial charge in [-0.15, -0.1) is 11.3 Å². The lowest BCUT2D eigenvalue weighted by Gasteiger charge is -2.10. The summed E-state index contributed by atoms with van der Waals surface area (Å²) >= 11 is 6.73. The molecule has 0 radical (unpaired) electrons. The number of phenols is 1. The van der Waals surface area contributed by atoms with E-state index in [0.717, 1.165) is 26.9 Å². The molecule has 1 heterocycles. The van der Waals surface area contributed by atoms with Crippen LogP contribution in [-0.2, 0) is 0 Å². The van der Waals surface area contributed by atoms with Gasteiger partial charge in [-0.2, -0.15) is 5.10 Å². The number of phenolic OH excluding ortho intramolecular Hbond substituents is 1. The Labute approximate surface area is 145 Å². The Hall–Kier alpha value is -1.99. The quantitative estimate of drug-likeness (QED) is 0.449. The van der Waals surface area contributed by atoms with Crippen molar-refractivity contribution in [3.8, 4) is 16.3 Å². The number of hydrogen-bond donors (Lipinski definition) is 3.